The van der Waals surface area contributed by atoms with Gasteiger partial charge in [-0.15, -0.1) is 6.58 Å². The van der Waals surface area contributed by atoms with Crippen molar-refractivity contribution in [2.24, 2.45) is 11.0 Å². The van der Waals surface area contributed by atoms with E-state index in [1.54, 1.807) is 12.1 Å². The SMILES string of the molecule is C=CCC1CCCC/C1=N/N(C)C(=S)OC. The Morgan fingerprint density at radius 2 is 2.44 bits per heavy atom. The lowest BCUT2D eigenvalue weighted by Gasteiger charge is -2.25. The standard InChI is InChI=1S/C12H20N2OS/c1-4-7-10-8-5-6-9-11(10)13-14(2)12(16)15-3/h4,10H,1,5-9H2,2-3H3/b13-11-. The first-order chi connectivity index (χ1) is 7.69. The number of rotatable bonds is 3. The minimum absolute atomic E-state index is 0.412. The molecule has 0 aromatic carbocycles. The zero-order valence-corrected chi connectivity index (χ0v) is 10.9. The molecule has 0 aromatic rings. The number of allylic oxidation sites excluding steroid dienone is 1. The van der Waals surface area contributed by atoms with Crippen molar-refractivity contribution in [3.05, 3.63) is 12.7 Å². The summed E-state index contributed by atoms with van der Waals surface area (Å²) in [6, 6.07) is 0. The number of hydrazone groups is 1. The third-order valence-electron chi connectivity index (χ3n) is 2.88. The fourth-order valence-electron chi connectivity index (χ4n) is 2.02. The van der Waals surface area contributed by atoms with Crippen LogP contribution in [0.15, 0.2) is 17.8 Å². The third kappa shape index (κ3) is 3.59. The van der Waals surface area contributed by atoms with Crippen LogP contribution in [0, 0.1) is 5.92 Å². The van der Waals surface area contributed by atoms with Crippen LogP contribution in [0.4, 0.5) is 0 Å². The van der Waals surface area contributed by atoms with Crippen molar-refractivity contribution in [1.29, 1.82) is 0 Å². The number of hydrogen-bond donors (Lipinski definition) is 0. The van der Waals surface area contributed by atoms with Gasteiger partial charge in [0.1, 0.15) is 0 Å². The predicted molar refractivity (Wildman–Crippen MR) is 71.6 cm³/mol. The van der Waals surface area contributed by atoms with Crippen LogP contribution in [0.1, 0.15) is 32.1 Å². The molecular weight excluding hydrogens is 220 g/mol. The van der Waals surface area contributed by atoms with Crippen LogP contribution in [0.5, 0.6) is 0 Å². The van der Waals surface area contributed by atoms with Gasteiger partial charge in [-0.1, -0.05) is 12.5 Å². The van der Waals surface area contributed by atoms with Gasteiger partial charge < -0.3 is 4.74 Å². The summed E-state index contributed by atoms with van der Waals surface area (Å²) in [5.41, 5.74) is 1.23. The van der Waals surface area contributed by atoms with Gasteiger partial charge >= 0.3 is 0 Å². The molecule has 1 rings (SSSR count). The molecule has 0 aromatic heterocycles. The van der Waals surface area contributed by atoms with E-state index in [1.165, 1.54) is 25.0 Å². The zero-order valence-electron chi connectivity index (χ0n) is 10.1. The zero-order chi connectivity index (χ0) is 12.0. The highest BCUT2D eigenvalue weighted by atomic mass is 32.1. The first-order valence-corrected chi connectivity index (χ1v) is 6.09. The Morgan fingerprint density at radius 1 is 1.69 bits per heavy atom. The summed E-state index contributed by atoms with van der Waals surface area (Å²) in [7, 11) is 3.40. The Hall–Kier alpha value is -0.900. The lowest BCUT2D eigenvalue weighted by molar-refractivity contribution is 0.327. The van der Waals surface area contributed by atoms with E-state index >= 15 is 0 Å². The van der Waals surface area contributed by atoms with Crippen LogP contribution in [0.3, 0.4) is 0 Å². The monoisotopic (exact) mass is 240 g/mol. The maximum Gasteiger partial charge on any atom is 0.279 e. The van der Waals surface area contributed by atoms with Gasteiger partial charge in [-0.2, -0.15) is 5.10 Å². The summed E-state index contributed by atoms with van der Waals surface area (Å²) in [4.78, 5) is 0. The van der Waals surface area contributed by atoms with E-state index in [1.807, 2.05) is 13.1 Å². The number of ether oxygens (including phenoxy) is 1. The summed E-state index contributed by atoms with van der Waals surface area (Å²) in [5.74, 6) is 0.536. The van der Waals surface area contributed by atoms with E-state index in [9.17, 15) is 0 Å². The predicted octanol–water partition coefficient (Wildman–Crippen LogP) is 2.97. The number of thiocarbonyl (C=S) groups is 1. The summed E-state index contributed by atoms with van der Waals surface area (Å²) in [5, 5.41) is 6.60. The highest BCUT2D eigenvalue weighted by Crippen LogP contribution is 2.25. The molecule has 90 valence electrons. The highest BCUT2D eigenvalue weighted by Gasteiger charge is 2.20. The molecule has 0 bridgehead atoms. The van der Waals surface area contributed by atoms with Gasteiger partial charge in [0.2, 0.25) is 0 Å². The van der Waals surface area contributed by atoms with Crippen molar-refractivity contribution in [3.63, 3.8) is 0 Å². The van der Waals surface area contributed by atoms with Crippen LogP contribution in [-0.4, -0.2) is 30.1 Å². The van der Waals surface area contributed by atoms with Gasteiger partial charge in [-0.05, 0) is 37.9 Å². The van der Waals surface area contributed by atoms with Crippen molar-refractivity contribution >= 4 is 23.1 Å². The second-order valence-corrected chi connectivity index (χ2v) is 4.40. The average molecular weight is 240 g/mol. The van der Waals surface area contributed by atoms with Crippen LogP contribution in [0.2, 0.25) is 0 Å². The largest absolute Gasteiger partial charge is 0.473 e. The number of hydrogen-bond acceptors (Lipinski definition) is 3. The molecule has 0 radical (unpaired) electrons. The number of nitrogens with zero attached hydrogens (tertiary/aromatic N) is 2. The van der Waals surface area contributed by atoms with Gasteiger partial charge in [0, 0.05) is 18.7 Å². The molecule has 1 saturated carbocycles. The van der Waals surface area contributed by atoms with E-state index in [-0.39, 0.29) is 0 Å². The van der Waals surface area contributed by atoms with Crippen LogP contribution >= 0.6 is 12.2 Å². The molecule has 0 heterocycles. The topological polar surface area (TPSA) is 24.8 Å². The molecule has 16 heavy (non-hydrogen) atoms. The molecule has 1 aliphatic carbocycles. The normalized spacial score (nSPS) is 22.9. The van der Waals surface area contributed by atoms with E-state index in [0.717, 1.165) is 12.8 Å². The van der Waals surface area contributed by atoms with E-state index in [2.05, 4.69) is 11.7 Å². The van der Waals surface area contributed by atoms with Crippen LogP contribution in [-0.2, 0) is 4.74 Å². The average Bonchev–Trinajstić information content (AvgIpc) is 2.31. The van der Waals surface area contributed by atoms with Crippen molar-refractivity contribution < 1.29 is 4.74 Å². The van der Waals surface area contributed by atoms with Crippen molar-refractivity contribution in [1.82, 2.24) is 5.01 Å². The Bertz CT molecular complexity index is 289. The van der Waals surface area contributed by atoms with Gasteiger partial charge in [-0.25, -0.2) is 5.01 Å². The molecule has 0 aliphatic heterocycles. The van der Waals surface area contributed by atoms with Crippen molar-refractivity contribution in [2.75, 3.05) is 14.2 Å². The van der Waals surface area contributed by atoms with Gasteiger partial charge in [-0.3, -0.25) is 0 Å². The Balaban J connectivity index is 2.69. The first-order valence-electron chi connectivity index (χ1n) is 5.69. The highest BCUT2D eigenvalue weighted by molar-refractivity contribution is 7.79. The Labute approximate surface area is 103 Å². The quantitative estimate of drug-likeness (QED) is 0.431. The summed E-state index contributed by atoms with van der Waals surface area (Å²) < 4.78 is 4.98. The molecule has 0 N–H and O–H groups in total. The Morgan fingerprint density at radius 3 is 3.06 bits per heavy atom. The van der Waals surface area contributed by atoms with E-state index in [0.29, 0.717) is 11.1 Å². The van der Waals surface area contributed by atoms with Gasteiger partial charge in [0.15, 0.2) is 0 Å². The van der Waals surface area contributed by atoms with Gasteiger partial charge in [0.25, 0.3) is 5.17 Å². The lowest BCUT2D eigenvalue weighted by atomic mass is 9.85. The molecule has 3 nitrogen and oxygen atoms in total. The summed E-state index contributed by atoms with van der Waals surface area (Å²) in [6.07, 6.45) is 7.76. The summed E-state index contributed by atoms with van der Waals surface area (Å²) in [6.45, 7) is 3.80. The fraction of sp³-hybridized carbons (Fsp3) is 0.667. The molecule has 1 unspecified atom stereocenters. The first kappa shape index (κ1) is 13.2. The molecule has 0 amide bonds. The van der Waals surface area contributed by atoms with Crippen LogP contribution in [0.25, 0.3) is 0 Å². The molecule has 0 saturated heterocycles. The second-order valence-electron chi connectivity index (χ2n) is 4.05. The molecule has 1 atom stereocenters. The third-order valence-corrected chi connectivity index (χ3v) is 3.31. The van der Waals surface area contributed by atoms with Gasteiger partial charge in [0.05, 0.1) is 7.11 Å². The Kier molecular flexibility index (Phi) is 5.46. The lowest BCUT2D eigenvalue weighted by Crippen LogP contribution is -2.27. The molecule has 0 spiro atoms. The fourth-order valence-corrected chi connectivity index (χ4v) is 2.06. The van der Waals surface area contributed by atoms with Crippen molar-refractivity contribution in [2.45, 2.75) is 32.1 Å². The van der Waals surface area contributed by atoms with Crippen molar-refractivity contribution in [3.8, 4) is 0 Å². The van der Waals surface area contributed by atoms with Crippen LogP contribution < -0.4 is 0 Å². The minimum Gasteiger partial charge on any atom is -0.473 e. The smallest absolute Gasteiger partial charge is 0.279 e. The second kappa shape index (κ2) is 6.63. The summed E-state index contributed by atoms with van der Waals surface area (Å²) >= 11 is 5.03. The van der Waals surface area contributed by atoms with E-state index < -0.39 is 0 Å². The molecule has 1 aliphatic rings. The number of methoxy groups -OCH3 is 1. The molecular formula is C12H20N2OS. The molecule has 4 heteroatoms. The maximum atomic E-state index is 5.03. The maximum absolute atomic E-state index is 5.03. The van der Waals surface area contributed by atoms with E-state index in [4.69, 9.17) is 17.0 Å². The minimum atomic E-state index is 0.412. The molecule has 1 fully saturated rings.